The number of fused-ring (bicyclic) bond motifs is 2. The van der Waals surface area contributed by atoms with Gasteiger partial charge in [-0.25, -0.2) is 4.39 Å². The molecular formula is C19H21FN6O. The molecule has 0 N–H and O–H groups in total. The molecule has 4 aromatic heterocycles. The van der Waals surface area contributed by atoms with Crippen molar-refractivity contribution in [3.05, 3.63) is 53.6 Å². The molecule has 0 amide bonds. The number of halogens is 1. The van der Waals surface area contributed by atoms with Gasteiger partial charge in [-0.1, -0.05) is 20.8 Å². The first-order valence-electron chi connectivity index (χ1n) is 8.89. The lowest BCUT2D eigenvalue weighted by Crippen LogP contribution is -2.07. The number of pyridine rings is 2. The van der Waals surface area contributed by atoms with E-state index in [4.69, 9.17) is 4.74 Å². The minimum atomic E-state index is -0.306. The van der Waals surface area contributed by atoms with Crippen molar-refractivity contribution >= 4 is 11.3 Å². The van der Waals surface area contributed by atoms with Crippen LogP contribution in [0.2, 0.25) is 0 Å². The van der Waals surface area contributed by atoms with Crippen LogP contribution >= 0.6 is 0 Å². The summed E-state index contributed by atoms with van der Waals surface area (Å²) in [6, 6.07) is 5.22. The fourth-order valence-corrected chi connectivity index (χ4v) is 3.35. The molecule has 4 heterocycles. The molecule has 0 fully saturated rings. The van der Waals surface area contributed by atoms with Crippen molar-refractivity contribution in [2.75, 3.05) is 7.11 Å². The molecule has 4 aromatic rings. The van der Waals surface area contributed by atoms with Crippen molar-refractivity contribution in [2.45, 2.75) is 39.0 Å². The highest BCUT2D eigenvalue weighted by Gasteiger charge is 2.19. The Bertz CT molecular complexity index is 1120. The van der Waals surface area contributed by atoms with Crippen LogP contribution in [0.3, 0.4) is 0 Å². The molecule has 8 heteroatoms. The lowest BCUT2D eigenvalue weighted by atomic mass is 10.0. The third-order valence-electron chi connectivity index (χ3n) is 4.69. The Morgan fingerprint density at radius 3 is 2.52 bits per heavy atom. The van der Waals surface area contributed by atoms with Gasteiger partial charge in [0, 0.05) is 23.6 Å². The average molecular weight is 368 g/mol. The summed E-state index contributed by atoms with van der Waals surface area (Å²) in [5.41, 5.74) is 2.21. The van der Waals surface area contributed by atoms with E-state index in [1.54, 1.807) is 11.5 Å². The molecule has 0 aromatic carbocycles. The zero-order valence-corrected chi connectivity index (χ0v) is 15.7. The van der Waals surface area contributed by atoms with Gasteiger partial charge >= 0.3 is 0 Å². The predicted molar refractivity (Wildman–Crippen MR) is 98.7 cm³/mol. The van der Waals surface area contributed by atoms with E-state index < -0.39 is 0 Å². The second-order valence-corrected chi connectivity index (χ2v) is 7.05. The Labute approximate surface area is 155 Å². The van der Waals surface area contributed by atoms with Crippen molar-refractivity contribution in [1.82, 2.24) is 29.2 Å². The van der Waals surface area contributed by atoms with E-state index in [0.29, 0.717) is 12.1 Å². The zero-order valence-electron chi connectivity index (χ0n) is 15.7. The highest BCUT2D eigenvalue weighted by molar-refractivity contribution is 5.49. The molecule has 140 valence electrons. The first kappa shape index (κ1) is 17.4. The van der Waals surface area contributed by atoms with E-state index in [1.807, 2.05) is 43.5 Å². The van der Waals surface area contributed by atoms with Gasteiger partial charge in [0.1, 0.15) is 23.2 Å². The van der Waals surface area contributed by atoms with Gasteiger partial charge in [0.2, 0.25) is 0 Å². The fourth-order valence-electron chi connectivity index (χ4n) is 3.35. The van der Waals surface area contributed by atoms with Gasteiger partial charge < -0.3 is 4.74 Å². The topological polar surface area (TPSA) is 69.6 Å². The standard InChI is InChI=1S/C19H21FN6O/c1-11(2)17-22-24-19-13(8-14(20)9-26(17)19)7-12(3)18-23-21-16-6-5-15(27-4)10-25(16)18/h5-6,8-12H,7H2,1-4H3. The Morgan fingerprint density at radius 2 is 1.78 bits per heavy atom. The summed E-state index contributed by atoms with van der Waals surface area (Å²) in [7, 11) is 1.62. The van der Waals surface area contributed by atoms with Crippen molar-refractivity contribution in [2.24, 2.45) is 0 Å². The summed E-state index contributed by atoms with van der Waals surface area (Å²) in [5, 5.41) is 17.1. The maximum absolute atomic E-state index is 14.2. The van der Waals surface area contributed by atoms with Crippen LogP contribution in [0, 0.1) is 5.82 Å². The summed E-state index contributed by atoms with van der Waals surface area (Å²) in [5.74, 6) is 2.10. The summed E-state index contributed by atoms with van der Waals surface area (Å²) < 4.78 is 23.2. The monoisotopic (exact) mass is 368 g/mol. The lowest BCUT2D eigenvalue weighted by Gasteiger charge is -2.12. The van der Waals surface area contributed by atoms with Gasteiger partial charge in [-0.3, -0.25) is 8.80 Å². The number of rotatable bonds is 5. The van der Waals surface area contributed by atoms with Gasteiger partial charge in [0.15, 0.2) is 11.3 Å². The van der Waals surface area contributed by atoms with Crippen LogP contribution in [0.1, 0.15) is 49.8 Å². The van der Waals surface area contributed by atoms with Crippen LogP contribution in [0.15, 0.2) is 30.6 Å². The third kappa shape index (κ3) is 3.01. The second kappa shape index (κ2) is 6.61. The van der Waals surface area contributed by atoms with Gasteiger partial charge in [0.25, 0.3) is 0 Å². The molecule has 0 radical (unpaired) electrons. The van der Waals surface area contributed by atoms with E-state index in [9.17, 15) is 4.39 Å². The molecule has 0 aliphatic rings. The molecule has 0 saturated heterocycles. The van der Waals surface area contributed by atoms with E-state index in [1.165, 1.54) is 12.3 Å². The highest BCUT2D eigenvalue weighted by Crippen LogP contribution is 2.25. The van der Waals surface area contributed by atoms with E-state index in [2.05, 4.69) is 20.4 Å². The number of aromatic nitrogens is 6. The van der Waals surface area contributed by atoms with E-state index >= 15 is 0 Å². The summed E-state index contributed by atoms with van der Waals surface area (Å²) in [6.07, 6.45) is 3.86. The fraction of sp³-hybridized carbons (Fsp3) is 0.368. The quantitative estimate of drug-likeness (QED) is 0.540. The smallest absolute Gasteiger partial charge is 0.164 e. The third-order valence-corrected chi connectivity index (χ3v) is 4.69. The van der Waals surface area contributed by atoms with Crippen molar-refractivity contribution in [3.63, 3.8) is 0 Å². The molecule has 27 heavy (non-hydrogen) atoms. The molecule has 4 rings (SSSR count). The Balaban J connectivity index is 1.74. The summed E-state index contributed by atoms with van der Waals surface area (Å²) >= 11 is 0. The number of hydrogen-bond donors (Lipinski definition) is 0. The summed E-state index contributed by atoms with van der Waals surface area (Å²) in [4.78, 5) is 0. The van der Waals surface area contributed by atoms with E-state index in [-0.39, 0.29) is 17.7 Å². The molecule has 0 spiro atoms. The summed E-state index contributed by atoms with van der Waals surface area (Å²) in [6.45, 7) is 6.07. The predicted octanol–water partition coefficient (Wildman–Crippen LogP) is 3.39. The minimum absolute atomic E-state index is 0.00286. The van der Waals surface area contributed by atoms with E-state index in [0.717, 1.165) is 28.6 Å². The number of hydrogen-bond acceptors (Lipinski definition) is 5. The van der Waals surface area contributed by atoms with Crippen LogP contribution in [-0.2, 0) is 6.42 Å². The second-order valence-electron chi connectivity index (χ2n) is 7.05. The number of ether oxygens (including phenoxy) is 1. The maximum Gasteiger partial charge on any atom is 0.164 e. The van der Waals surface area contributed by atoms with Gasteiger partial charge in [-0.05, 0) is 24.6 Å². The van der Waals surface area contributed by atoms with Crippen molar-refractivity contribution in [1.29, 1.82) is 0 Å². The van der Waals surface area contributed by atoms with Gasteiger partial charge in [-0.15, -0.1) is 20.4 Å². The maximum atomic E-state index is 14.2. The van der Waals surface area contributed by atoms with Crippen molar-refractivity contribution < 1.29 is 9.13 Å². The number of nitrogens with zero attached hydrogens (tertiary/aromatic N) is 6. The molecule has 0 saturated carbocycles. The minimum Gasteiger partial charge on any atom is -0.495 e. The van der Waals surface area contributed by atoms with Crippen LogP contribution in [0.25, 0.3) is 11.3 Å². The first-order chi connectivity index (χ1) is 13.0. The van der Waals surface area contributed by atoms with Crippen LogP contribution in [0.4, 0.5) is 4.39 Å². The Morgan fingerprint density at radius 1 is 1.00 bits per heavy atom. The highest BCUT2D eigenvalue weighted by atomic mass is 19.1. The Hall–Kier alpha value is -3.03. The molecule has 0 aliphatic carbocycles. The lowest BCUT2D eigenvalue weighted by molar-refractivity contribution is 0.412. The first-order valence-corrected chi connectivity index (χ1v) is 8.89. The van der Waals surface area contributed by atoms with Gasteiger partial charge in [-0.2, -0.15) is 0 Å². The van der Waals surface area contributed by atoms with Crippen molar-refractivity contribution in [3.8, 4) is 5.75 Å². The largest absolute Gasteiger partial charge is 0.495 e. The Kier molecular flexibility index (Phi) is 4.25. The molecular weight excluding hydrogens is 347 g/mol. The normalized spacial score (nSPS) is 13.0. The van der Waals surface area contributed by atoms with Gasteiger partial charge in [0.05, 0.1) is 13.3 Å². The van der Waals surface area contributed by atoms with Crippen LogP contribution in [0.5, 0.6) is 5.75 Å². The molecule has 0 bridgehead atoms. The molecule has 0 aliphatic heterocycles. The van der Waals surface area contributed by atoms with Crippen LogP contribution < -0.4 is 4.74 Å². The SMILES string of the molecule is COc1ccc2nnc(C(C)Cc3cc(F)cn4c(C(C)C)nnc34)n2c1. The molecule has 1 unspecified atom stereocenters. The van der Waals surface area contributed by atoms with Crippen LogP contribution in [-0.4, -0.2) is 36.3 Å². The number of methoxy groups -OCH3 is 1. The molecule has 1 atom stereocenters. The molecule has 7 nitrogen and oxygen atoms in total. The average Bonchev–Trinajstić information content (AvgIpc) is 3.24. The zero-order chi connectivity index (χ0) is 19.1.